The van der Waals surface area contributed by atoms with Gasteiger partial charge in [-0.15, -0.1) is 0 Å². The van der Waals surface area contributed by atoms with Gasteiger partial charge in [0.2, 0.25) is 0 Å². The molecule has 0 spiro atoms. The van der Waals surface area contributed by atoms with Gasteiger partial charge in [0.25, 0.3) is 5.91 Å². The SMILES string of the molecule is CCCCCC(N)NC(c1ccccc1)(c1ccccc1)c1ccccc1.O=C(NCC(CCN1CCC(Cc2ccccc2)CC1)c1ccc(Cl)c(Cl)c1)c1ccc(Cl)cc1Cl. The van der Waals surface area contributed by atoms with Gasteiger partial charge in [0.15, 0.2) is 0 Å². The Morgan fingerprint density at radius 2 is 1.25 bits per heavy atom. The molecule has 9 heteroatoms. The number of hydrogen-bond donors (Lipinski definition) is 3. The van der Waals surface area contributed by atoms with Crippen LogP contribution in [0.4, 0.5) is 0 Å². The van der Waals surface area contributed by atoms with Crippen molar-refractivity contribution < 1.29 is 4.79 Å². The Morgan fingerprint density at radius 1 is 0.683 bits per heavy atom. The standard InChI is InChI=1S/C29H30Cl4N2O.C25H30N2/c30-24-7-8-25(27(32)18-24)29(36)34-19-23(22-6-9-26(31)28(33)17-22)12-15-35-13-10-21(11-14-35)16-20-4-2-1-3-5-20;1-2-3-7-20-24(26)27-25(21-14-8-4-9-15-21,22-16-10-5-11-17-22)23-18-12-6-13-19-23/h1-9,17-18,21,23H,10-16,19H2,(H,34,36);4-6,8-19,24,27H,2-3,7,20,26H2,1H3. The van der Waals surface area contributed by atoms with Crippen molar-refractivity contribution in [1.29, 1.82) is 0 Å². The molecule has 63 heavy (non-hydrogen) atoms. The lowest BCUT2D eigenvalue weighted by atomic mass is 9.76. The summed E-state index contributed by atoms with van der Waals surface area (Å²) in [4.78, 5) is 15.4. The Morgan fingerprint density at radius 3 is 1.79 bits per heavy atom. The van der Waals surface area contributed by atoms with Gasteiger partial charge in [0.1, 0.15) is 0 Å². The number of carbonyl (C=O) groups is 1. The molecule has 1 amide bonds. The largest absolute Gasteiger partial charge is 0.351 e. The van der Waals surface area contributed by atoms with Crippen LogP contribution in [0.1, 0.15) is 96.0 Å². The number of rotatable bonds is 18. The molecule has 1 heterocycles. The number of likely N-dealkylation sites (tertiary alicyclic amines) is 1. The first-order valence-corrected chi connectivity index (χ1v) is 23.8. The maximum atomic E-state index is 12.8. The molecular formula is C54H60Cl4N4O. The summed E-state index contributed by atoms with van der Waals surface area (Å²) in [5.41, 5.74) is 12.6. The van der Waals surface area contributed by atoms with Crippen LogP contribution in [0.15, 0.2) is 158 Å². The Balaban J connectivity index is 0.000000219. The third-order valence-corrected chi connectivity index (χ3v) is 13.4. The van der Waals surface area contributed by atoms with Gasteiger partial charge in [-0.1, -0.05) is 200 Å². The molecule has 0 saturated carbocycles. The number of hydrogen-bond acceptors (Lipinski definition) is 4. The first-order chi connectivity index (χ1) is 30.7. The molecule has 5 nitrogen and oxygen atoms in total. The van der Waals surface area contributed by atoms with Gasteiger partial charge in [0.05, 0.1) is 32.3 Å². The van der Waals surface area contributed by atoms with Crippen LogP contribution in [0, 0.1) is 5.92 Å². The first kappa shape index (κ1) is 48.3. The van der Waals surface area contributed by atoms with Crippen molar-refractivity contribution in [2.75, 3.05) is 26.2 Å². The summed E-state index contributed by atoms with van der Waals surface area (Å²) in [5, 5.41) is 8.75. The van der Waals surface area contributed by atoms with Crippen LogP contribution in [0.3, 0.4) is 0 Å². The molecule has 2 unspecified atom stereocenters. The van der Waals surface area contributed by atoms with Gasteiger partial charge < -0.3 is 16.0 Å². The highest BCUT2D eigenvalue weighted by molar-refractivity contribution is 6.42. The van der Waals surface area contributed by atoms with Crippen molar-refractivity contribution in [3.8, 4) is 0 Å². The molecule has 6 aromatic carbocycles. The van der Waals surface area contributed by atoms with E-state index in [9.17, 15) is 4.79 Å². The van der Waals surface area contributed by atoms with Gasteiger partial charge in [-0.25, -0.2) is 0 Å². The predicted octanol–water partition coefficient (Wildman–Crippen LogP) is 13.6. The molecule has 330 valence electrons. The lowest BCUT2D eigenvalue weighted by molar-refractivity contribution is 0.0949. The third kappa shape index (κ3) is 13.9. The van der Waals surface area contributed by atoms with Crippen molar-refractivity contribution in [2.24, 2.45) is 11.7 Å². The first-order valence-electron chi connectivity index (χ1n) is 22.3. The normalized spacial score (nSPS) is 14.3. The van der Waals surface area contributed by atoms with E-state index in [2.05, 4.69) is 144 Å². The summed E-state index contributed by atoms with van der Waals surface area (Å²) in [6.07, 6.45) is 8.89. The highest BCUT2D eigenvalue weighted by Gasteiger charge is 2.37. The molecule has 1 saturated heterocycles. The number of amides is 1. The quantitative estimate of drug-likeness (QED) is 0.0456. The minimum Gasteiger partial charge on any atom is -0.351 e. The summed E-state index contributed by atoms with van der Waals surface area (Å²) in [7, 11) is 0. The average molecular weight is 923 g/mol. The van der Waals surface area contributed by atoms with Crippen LogP contribution in [-0.4, -0.2) is 43.2 Å². The number of halogens is 4. The van der Waals surface area contributed by atoms with Gasteiger partial charge in [-0.3, -0.25) is 10.1 Å². The summed E-state index contributed by atoms with van der Waals surface area (Å²) in [6, 6.07) is 53.2. The van der Waals surface area contributed by atoms with Crippen molar-refractivity contribution in [3.63, 3.8) is 0 Å². The number of benzene rings is 6. The molecule has 7 rings (SSSR count). The summed E-state index contributed by atoms with van der Waals surface area (Å²) >= 11 is 24.7. The average Bonchev–Trinajstić information content (AvgIpc) is 3.31. The maximum Gasteiger partial charge on any atom is 0.252 e. The van der Waals surface area contributed by atoms with Crippen molar-refractivity contribution in [3.05, 3.63) is 211 Å². The van der Waals surface area contributed by atoms with E-state index in [-0.39, 0.29) is 18.0 Å². The summed E-state index contributed by atoms with van der Waals surface area (Å²) < 4.78 is 0. The lowest BCUT2D eigenvalue weighted by Crippen LogP contribution is -2.53. The minimum absolute atomic E-state index is 0.0860. The van der Waals surface area contributed by atoms with Crippen molar-refractivity contribution >= 4 is 52.3 Å². The van der Waals surface area contributed by atoms with Crippen LogP contribution >= 0.6 is 46.4 Å². The number of piperidine rings is 1. The molecule has 1 fully saturated rings. The van der Waals surface area contributed by atoms with Gasteiger partial charge >= 0.3 is 0 Å². The topological polar surface area (TPSA) is 70.4 Å². The fourth-order valence-electron chi connectivity index (χ4n) is 8.62. The molecule has 0 aromatic heterocycles. The molecule has 0 radical (unpaired) electrons. The van der Waals surface area contributed by atoms with Gasteiger partial charge in [0, 0.05) is 17.5 Å². The zero-order chi connectivity index (χ0) is 44.4. The zero-order valence-electron chi connectivity index (χ0n) is 36.2. The summed E-state index contributed by atoms with van der Waals surface area (Å²) in [5.74, 6) is 0.609. The van der Waals surface area contributed by atoms with Gasteiger partial charge in [-0.05, 0) is 116 Å². The highest BCUT2D eigenvalue weighted by atomic mass is 35.5. The maximum absolute atomic E-state index is 12.8. The number of nitrogens with one attached hydrogen (secondary N) is 2. The van der Waals surface area contributed by atoms with E-state index in [0.29, 0.717) is 32.2 Å². The van der Waals surface area contributed by atoms with E-state index >= 15 is 0 Å². The van der Waals surface area contributed by atoms with E-state index in [0.717, 1.165) is 56.8 Å². The van der Waals surface area contributed by atoms with Gasteiger partial charge in [-0.2, -0.15) is 0 Å². The number of nitrogens with zero attached hydrogens (tertiary/aromatic N) is 1. The lowest BCUT2D eigenvalue weighted by Gasteiger charge is -2.39. The van der Waals surface area contributed by atoms with E-state index in [1.165, 1.54) is 47.9 Å². The fraction of sp³-hybridized carbons (Fsp3) is 0.315. The van der Waals surface area contributed by atoms with E-state index < -0.39 is 5.54 Å². The molecule has 6 aromatic rings. The van der Waals surface area contributed by atoms with E-state index in [4.69, 9.17) is 52.1 Å². The van der Waals surface area contributed by atoms with Crippen LogP contribution in [0.2, 0.25) is 20.1 Å². The number of unbranched alkanes of at least 4 members (excludes halogenated alkanes) is 2. The molecule has 4 N–H and O–H groups in total. The van der Waals surface area contributed by atoms with Crippen LogP contribution in [0.5, 0.6) is 0 Å². The smallest absolute Gasteiger partial charge is 0.252 e. The monoisotopic (exact) mass is 920 g/mol. The molecule has 1 aliphatic heterocycles. The number of carbonyl (C=O) groups excluding carboxylic acids is 1. The van der Waals surface area contributed by atoms with E-state index in [1.807, 2.05) is 18.2 Å². The Bertz CT molecular complexity index is 2180. The summed E-state index contributed by atoms with van der Waals surface area (Å²) in [6.45, 7) is 5.85. The predicted molar refractivity (Wildman–Crippen MR) is 266 cm³/mol. The number of nitrogens with two attached hydrogens (primary N) is 1. The zero-order valence-corrected chi connectivity index (χ0v) is 39.2. The van der Waals surface area contributed by atoms with Crippen LogP contribution < -0.4 is 16.4 Å². The fourth-order valence-corrected chi connectivity index (χ4v) is 9.42. The Hall–Kier alpha value is -4.17. The molecular weight excluding hydrogens is 862 g/mol. The third-order valence-electron chi connectivity index (χ3n) is 12.1. The second kappa shape index (κ2) is 24.8. The van der Waals surface area contributed by atoms with E-state index in [1.54, 1.807) is 18.2 Å². The Labute approximate surface area is 395 Å². The van der Waals surface area contributed by atoms with Crippen LogP contribution in [0.25, 0.3) is 0 Å². The van der Waals surface area contributed by atoms with Crippen LogP contribution in [-0.2, 0) is 12.0 Å². The molecule has 2 atom stereocenters. The minimum atomic E-state index is -0.477. The second-order valence-electron chi connectivity index (χ2n) is 16.6. The molecule has 0 bridgehead atoms. The van der Waals surface area contributed by atoms with Crippen molar-refractivity contribution in [1.82, 2.24) is 15.5 Å². The second-order valence-corrected chi connectivity index (χ2v) is 18.2. The highest BCUT2D eigenvalue weighted by Crippen LogP contribution is 2.37. The Kier molecular flexibility index (Phi) is 19.0. The molecule has 0 aliphatic carbocycles. The van der Waals surface area contributed by atoms with Crippen molar-refractivity contribution in [2.45, 2.75) is 75.9 Å². The molecule has 1 aliphatic rings.